The van der Waals surface area contributed by atoms with Gasteiger partial charge in [-0.05, 0) is 13.0 Å². The molecular weight excluding hydrogens is 325 g/mol. The second kappa shape index (κ2) is 5.01. The lowest BCUT2D eigenvalue weighted by molar-refractivity contribution is 0.433. The first-order valence-corrected chi connectivity index (χ1v) is 8.64. The summed E-state index contributed by atoms with van der Waals surface area (Å²) < 4.78 is 37.9. The maximum atomic E-state index is 13.6. The summed E-state index contributed by atoms with van der Waals surface area (Å²) in [5.41, 5.74) is 6.32. The fourth-order valence-corrected chi connectivity index (χ4v) is 2.63. The van der Waals surface area contributed by atoms with E-state index in [1.54, 1.807) is 6.92 Å². The number of aromatic hydroxyl groups is 1. The standard InChI is InChI=1S/C13H14FN5O3S/c1-6(23(2,21)22)3-11-17-12-7-4-8(14)10(20)5-9(7)16-13(15)19(12)18-11/h4-6,20H,3H2,1-2H3,(H2,15,16). The first kappa shape index (κ1) is 15.4. The predicted molar refractivity (Wildman–Crippen MR) is 82.3 cm³/mol. The number of hydrogen-bond donors (Lipinski definition) is 2. The highest BCUT2D eigenvalue weighted by Crippen LogP contribution is 2.26. The summed E-state index contributed by atoms with van der Waals surface area (Å²) in [6.45, 7) is 1.55. The summed E-state index contributed by atoms with van der Waals surface area (Å²) >= 11 is 0. The molecule has 1 unspecified atom stereocenters. The molecule has 0 saturated heterocycles. The Morgan fingerprint density at radius 1 is 1.39 bits per heavy atom. The van der Waals surface area contributed by atoms with Gasteiger partial charge in [-0.25, -0.2) is 22.8 Å². The number of anilines is 1. The van der Waals surface area contributed by atoms with E-state index in [2.05, 4.69) is 15.1 Å². The molecule has 2 heterocycles. The van der Waals surface area contributed by atoms with Crippen molar-refractivity contribution < 1.29 is 17.9 Å². The van der Waals surface area contributed by atoms with Crippen LogP contribution in [0.2, 0.25) is 0 Å². The highest BCUT2D eigenvalue weighted by Gasteiger charge is 2.20. The summed E-state index contributed by atoms with van der Waals surface area (Å²) in [5.74, 6) is -1.10. The minimum atomic E-state index is -3.23. The summed E-state index contributed by atoms with van der Waals surface area (Å²) in [7, 11) is -3.23. The molecule has 0 fully saturated rings. The van der Waals surface area contributed by atoms with Gasteiger partial charge in [0.15, 0.2) is 23.0 Å². The molecule has 1 atom stereocenters. The van der Waals surface area contributed by atoms with Crippen molar-refractivity contribution in [3.05, 3.63) is 23.8 Å². The van der Waals surface area contributed by atoms with Gasteiger partial charge in [-0.15, -0.1) is 5.10 Å². The zero-order chi connectivity index (χ0) is 16.9. The second-order valence-electron chi connectivity index (χ2n) is 5.40. The summed E-state index contributed by atoms with van der Waals surface area (Å²) in [5, 5.41) is 13.2. The number of nitrogen functional groups attached to an aromatic ring is 1. The van der Waals surface area contributed by atoms with Crippen LogP contribution in [0.5, 0.6) is 5.75 Å². The number of nitrogens with two attached hydrogens (primary N) is 1. The predicted octanol–water partition coefficient (Wildman–Crippen LogP) is 0.680. The zero-order valence-corrected chi connectivity index (χ0v) is 13.2. The van der Waals surface area contributed by atoms with Gasteiger partial charge in [-0.3, -0.25) is 0 Å². The van der Waals surface area contributed by atoms with Crippen LogP contribution in [0, 0.1) is 5.82 Å². The molecule has 0 aliphatic rings. The molecule has 3 aromatic rings. The molecule has 0 saturated carbocycles. The van der Waals surface area contributed by atoms with Crippen LogP contribution in [0.4, 0.5) is 10.3 Å². The number of halogens is 1. The van der Waals surface area contributed by atoms with Crippen LogP contribution in [0.1, 0.15) is 12.7 Å². The van der Waals surface area contributed by atoms with Crippen molar-refractivity contribution in [1.82, 2.24) is 19.6 Å². The van der Waals surface area contributed by atoms with Crippen molar-refractivity contribution in [2.24, 2.45) is 0 Å². The molecular formula is C13H14FN5O3S. The Hall–Kier alpha value is -2.49. The Labute approximate surface area is 130 Å². The molecule has 0 bridgehead atoms. The van der Waals surface area contributed by atoms with Crippen LogP contribution >= 0.6 is 0 Å². The average molecular weight is 339 g/mol. The van der Waals surface area contributed by atoms with Crippen LogP contribution in [0.25, 0.3) is 16.6 Å². The maximum Gasteiger partial charge on any atom is 0.223 e. The molecule has 10 heteroatoms. The van der Waals surface area contributed by atoms with E-state index in [0.29, 0.717) is 5.39 Å². The number of phenolic OH excluding ortho intramolecular Hbond substituents is 1. The summed E-state index contributed by atoms with van der Waals surface area (Å²) in [6, 6.07) is 2.24. The molecule has 0 aliphatic heterocycles. The number of phenols is 1. The Morgan fingerprint density at radius 3 is 2.74 bits per heavy atom. The molecule has 0 spiro atoms. The van der Waals surface area contributed by atoms with E-state index in [1.165, 1.54) is 4.52 Å². The minimum Gasteiger partial charge on any atom is -0.505 e. The number of fused-ring (bicyclic) bond motifs is 3. The highest BCUT2D eigenvalue weighted by molar-refractivity contribution is 7.91. The molecule has 3 rings (SSSR count). The Morgan fingerprint density at radius 2 is 2.09 bits per heavy atom. The van der Waals surface area contributed by atoms with E-state index in [4.69, 9.17) is 5.73 Å². The van der Waals surface area contributed by atoms with Gasteiger partial charge in [0.25, 0.3) is 0 Å². The third-order valence-corrected chi connectivity index (χ3v) is 5.24. The van der Waals surface area contributed by atoms with Gasteiger partial charge in [0, 0.05) is 24.1 Å². The zero-order valence-electron chi connectivity index (χ0n) is 12.4. The van der Waals surface area contributed by atoms with Gasteiger partial charge in [-0.1, -0.05) is 0 Å². The number of benzene rings is 1. The smallest absolute Gasteiger partial charge is 0.223 e. The van der Waals surface area contributed by atoms with Crippen molar-refractivity contribution in [2.75, 3.05) is 12.0 Å². The third-order valence-electron chi connectivity index (χ3n) is 3.61. The van der Waals surface area contributed by atoms with Crippen molar-refractivity contribution in [3.8, 4) is 5.75 Å². The number of sulfone groups is 1. The fourth-order valence-electron chi connectivity index (χ4n) is 2.18. The first-order chi connectivity index (χ1) is 10.7. The number of hydrogen-bond acceptors (Lipinski definition) is 7. The van der Waals surface area contributed by atoms with Gasteiger partial charge in [0.05, 0.1) is 10.8 Å². The summed E-state index contributed by atoms with van der Waals surface area (Å²) in [6.07, 6.45) is 1.24. The molecule has 0 radical (unpaired) electrons. The lowest BCUT2D eigenvalue weighted by Crippen LogP contribution is -2.19. The van der Waals surface area contributed by atoms with Crippen molar-refractivity contribution in [3.63, 3.8) is 0 Å². The lowest BCUT2D eigenvalue weighted by Gasteiger charge is -2.04. The second-order valence-corrected chi connectivity index (χ2v) is 7.86. The van der Waals surface area contributed by atoms with Crippen LogP contribution in [0.3, 0.4) is 0 Å². The van der Waals surface area contributed by atoms with E-state index in [0.717, 1.165) is 18.4 Å². The van der Waals surface area contributed by atoms with Gasteiger partial charge in [-0.2, -0.15) is 4.52 Å². The van der Waals surface area contributed by atoms with E-state index in [9.17, 15) is 17.9 Å². The molecule has 0 amide bonds. The molecule has 0 aliphatic carbocycles. The minimum absolute atomic E-state index is 0.00395. The Bertz CT molecular complexity index is 1030. The van der Waals surface area contributed by atoms with Gasteiger partial charge in [0.1, 0.15) is 9.84 Å². The summed E-state index contributed by atoms with van der Waals surface area (Å²) in [4.78, 5) is 8.29. The van der Waals surface area contributed by atoms with Gasteiger partial charge < -0.3 is 10.8 Å². The van der Waals surface area contributed by atoms with Crippen molar-refractivity contribution in [2.45, 2.75) is 18.6 Å². The monoisotopic (exact) mass is 339 g/mol. The normalized spacial score (nSPS) is 13.7. The van der Waals surface area contributed by atoms with Gasteiger partial charge >= 0.3 is 0 Å². The van der Waals surface area contributed by atoms with E-state index in [-0.39, 0.29) is 29.4 Å². The first-order valence-electron chi connectivity index (χ1n) is 6.69. The topological polar surface area (TPSA) is 123 Å². The third kappa shape index (κ3) is 2.65. The number of rotatable bonds is 3. The van der Waals surface area contributed by atoms with Crippen LogP contribution in [-0.4, -0.2) is 44.6 Å². The van der Waals surface area contributed by atoms with Gasteiger partial charge in [0.2, 0.25) is 5.95 Å². The lowest BCUT2D eigenvalue weighted by atomic mass is 10.2. The molecule has 2 aromatic heterocycles. The van der Waals surface area contributed by atoms with E-state index >= 15 is 0 Å². The fraction of sp³-hybridized carbons (Fsp3) is 0.308. The SMILES string of the molecule is CC(Cc1nc2c3cc(F)c(O)cc3nc(N)n2n1)S(C)(=O)=O. The maximum absolute atomic E-state index is 13.6. The van der Waals surface area contributed by atoms with E-state index in [1.807, 2.05) is 0 Å². The average Bonchev–Trinajstić information content (AvgIpc) is 2.85. The largest absolute Gasteiger partial charge is 0.505 e. The van der Waals surface area contributed by atoms with Crippen LogP contribution < -0.4 is 5.73 Å². The Balaban J connectivity index is 2.20. The highest BCUT2D eigenvalue weighted by atomic mass is 32.2. The van der Waals surface area contributed by atoms with Crippen LogP contribution in [-0.2, 0) is 16.3 Å². The Kier molecular flexibility index (Phi) is 3.36. The van der Waals surface area contributed by atoms with Crippen LogP contribution in [0.15, 0.2) is 12.1 Å². The molecule has 23 heavy (non-hydrogen) atoms. The number of nitrogens with zero attached hydrogens (tertiary/aromatic N) is 4. The molecule has 8 nitrogen and oxygen atoms in total. The molecule has 1 aromatic carbocycles. The number of aromatic nitrogens is 4. The quantitative estimate of drug-likeness (QED) is 0.719. The van der Waals surface area contributed by atoms with E-state index < -0.39 is 26.7 Å². The molecule has 3 N–H and O–H groups in total. The van der Waals surface area contributed by atoms with Crippen molar-refractivity contribution >= 4 is 32.3 Å². The molecule has 122 valence electrons. The van der Waals surface area contributed by atoms with Crippen molar-refractivity contribution in [1.29, 1.82) is 0 Å².